The number of aromatic nitrogens is 3. The number of carbonyl (C=O) groups is 1. The van der Waals surface area contributed by atoms with Crippen molar-refractivity contribution in [1.29, 1.82) is 0 Å². The van der Waals surface area contributed by atoms with Crippen LogP contribution in [-0.4, -0.2) is 26.8 Å². The highest BCUT2D eigenvalue weighted by molar-refractivity contribution is 5.98. The summed E-state index contributed by atoms with van der Waals surface area (Å²) >= 11 is 0. The number of amides is 1. The molecule has 0 atom stereocenters. The highest BCUT2D eigenvalue weighted by Crippen LogP contribution is 2.21. The summed E-state index contributed by atoms with van der Waals surface area (Å²) in [4.78, 5) is 20.2. The van der Waals surface area contributed by atoms with E-state index in [4.69, 9.17) is 0 Å². The van der Waals surface area contributed by atoms with Gasteiger partial charge >= 0.3 is 0 Å². The molecule has 25 heavy (non-hydrogen) atoms. The molecule has 4 aromatic rings. The smallest absolute Gasteiger partial charge is 0.267 e. The number of aryl methyl sites for hydroxylation is 2. The van der Waals surface area contributed by atoms with E-state index < -0.39 is 0 Å². The first-order valence-corrected chi connectivity index (χ1v) is 8.41. The summed E-state index contributed by atoms with van der Waals surface area (Å²) in [6.45, 7) is 4.67. The van der Waals surface area contributed by atoms with Gasteiger partial charge in [0.2, 0.25) is 0 Å². The Balaban J connectivity index is 1.44. The number of nitrogens with one attached hydrogen (secondary N) is 2. The Morgan fingerprint density at radius 2 is 2.12 bits per heavy atom. The second kappa shape index (κ2) is 6.09. The molecule has 4 rings (SSSR count). The Bertz CT molecular complexity index is 1040. The minimum Gasteiger partial charge on any atom is -0.351 e. The Morgan fingerprint density at radius 1 is 1.24 bits per heavy atom. The van der Waals surface area contributed by atoms with E-state index >= 15 is 0 Å². The highest BCUT2D eigenvalue weighted by Gasteiger charge is 2.11. The zero-order valence-corrected chi connectivity index (χ0v) is 14.3. The fourth-order valence-corrected chi connectivity index (χ4v) is 3.23. The van der Waals surface area contributed by atoms with Gasteiger partial charge in [0.25, 0.3) is 5.91 Å². The molecule has 0 aliphatic rings. The topological polar surface area (TPSA) is 62.2 Å². The van der Waals surface area contributed by atoms with Crippen LogP contribution in [0.15, 0.2) is 48.8 Å². The summed E-state index contributed by atoms with van der Waals surface area (Å²) in [6.07, 6.45) is 4.67. The van der Waals surface area contributed by atoms with Crippen molar-refractivity contribution in [3.05, 3.63) is 71.3 Å². The number of pyridine rings is 1. The van der Waals surface area contributed by atoms with Gasteiger partial charge in [-0.2, -0.15) is 0 Å². The van der Waals surface area contributed by atoms with Crippen molar-refractivity contribution >= 4 is 22.5 Å². The van der Waals surface area contributed by atoms with E-state index in [1.54, 1.807) is 0 Å². The minimum absolute atomic E-state index is 0.0861. The lowest BCUT2D eigenvalue weighted by atomic mass is 10.1. The molecule has 0 aliphatic carbocycles. The number of imidazole rings is 1. The van der Waals surface area contributed by atoms with Gasteiger partial charge in [0.05, 0.1) is 5.69 Å². The minimum atomic E-state index is -0.0861. The Hall–Kier alpha value is -3.08. The zero-order chi connectivity index (χ0) is 17.4. The summed E-state index contributed by atoms with van der Waals surface area (Å²) in [6, 6.07) is 12.0. The first-order valence-electron chi connectivity index (χ1n) is 8.41. The summed E-state index contributed by atoms with van der Waals surface area (Å²) in [5.41, 5.74) is 5.85. The number of fused-ring (bicyclic) bond motifs is 2. The molecular weight excluding hydrogens is 312 g/mol. The van der Waals surface area contributed by atoms with Gasteiger partial charge in [-0.3, -0.25) is 4.79 Å². The summed E-state index contributed by atoms with van der Waals surface area (Å²) in [7, 11) is 0. The normalized spacial score (nSPS) is 11.3. The van der Waals surface area contributed by atoms with Crippen molar-refractivity contribution in [3.63, 3.8) is 0 Å². The highest BCUT2D eigenvalue weighted by atomic mass is 16.1. The molecule has 0 unspecified atom stereocenters. The molecule has 2 N–H and O–H groups in total. The van der Waals surface area contributed by atoms with Crippen LogP contribution in [0.4, 0.5) is 0 Å². The van der Waals surface area contributed by atoms with Crippen molar-refractivity contribution in [1.82, 2.24) is 19.7 Å². The summed E-state index contributed by atoms with van der Waals surface area (Å²) < 4.78 is 1.99. The van der Waals surface area contributed by atoms with Crippen molar-refractivity contribution in [2.45, 2.75) is 20.3 Å². The van der Waals surface area contributed by atoms with Crippen molar-refractivity contribution in [2.75, 3.05) is 6.54 Å². The maximum atomic E-state index is 12.4. The summed E-state index contributed by atoms with van der Waals surface area (Å²) in [5.74, 6) is -0.0861. The van der Waals surface area contributed by atoms with Gasteiger partial charge in [0.1, 0.15) is 11.3 Å². The lowest BCUT2D eigenvalue weighted by molar-refractivity contribution is 0.0950. The molecule has 3 heterocycles. The SMILES string of the molecule is Cc1cc(C)c2cc(C(=O)NCCc3cn4ccccc4n3)[nH]c2c1. The Labute approximate surface area is 145 Å². The Kier molecular flexibility index (Phi) is 3.76. The molecule has 5 nitrogen and oxygen atoms in total. The lowest BCUT2D eigenvalue weighted by Gasteiger charge is -2.01. The van der Waals surface area contributed by atoms with Crippen LogP contribution in [0.5, 0.6) is 0 Å². The van der Waals surface area contributed by atoms with Gasteiger partial charge in [-0.05, 0) is 49.2 Å². The van der Waals surface area contributed by atoms with E-state index in [0.717, 1.165) is 22.2 Å². The average molecular weight is 332 g/mol. The molecule has 0 saturated carbocycles. The lowest BCUT2D eigenvalue weighted by Crippen LogP contribution is -2.26. The first-order chi connectivity index (χ1) is 12.1. The van der Waals surface area contributed by atoms with Gasteiger partial charge in [-0.1, -0.05) is 12.1 Å². The molecule has 5 heteroatoms. The number of hydrogen-bond acceptors (Lipinski definition) is 2. The van der Waals surface area contributed by atoms with E-state index in [1.165, 1.54) is 11.1 Å². The maximum absolute atomic E-state index is 12.4. The standard InChI is InChI=1S/C20H20N4O/c1-13-9-14(2)16-11-18(23-17(16)10-13)20(25)21-7-6-15-12-24-8-4-3-5-19(24)22-15/h3-5,8-12,23H,6-7H2,1-2H3,(H,21,25). The van der Waals surface area contributed by atoms with E-state index in [-0.39, 0.29) is 5.91 Å². The van der Waals surface area contributed by atoms with Gasteiger partial charge in [0.15, 0.2) is 0 Å². The van der Waals surface area contributed by atoms with Gasteiger partial charge < -0.3 is 14.7 Å². The molecular formula is C20H20N4O. The number of benzene rings is 1. The Morgan fingerprint density at radius 3 is 2.96 bits per heavy atom. The third-order valence-corrected chi connectivity index (χ3v) is 4.41. The maximum Gasteiger partial charge on any atom is 0.267 e. The predicted molar refractivity (Wildman–Crippen MR) is 99.0 cm³/mol. The van der Waals surface area contributed by atoms with E-state index in [9.17, 15) is 4.79 Å². The largest absolute Gasteiger partial charge is 0.351 e. The molecule has 126 valence electrons. The number of carbonyl (C=O) groups excluding carboxylic acids is 1. The molecule has 0 bridgehead atoms. The quantitative estimate of drug-likeness (QED) is 0.601. The summed E-state index contributed by atoms with van der Waals surface area (Å²) in [5, 5.41) is 4.06. The van der Waals surface area contributed by atoms with Crippen molar-refractivity contribution < 1.29 is 4.79 Å². The van der Waals surface area contributed by atoms with Crippen LogP contribution in [0, 0.1) is 13.8 Å². The van der Waals surface area contributed by atoms with Gasteiger partial charge in [-0.25, -0.2) is 4.98 Å². The van der Waals surface area contributed by atoms with Crippen LogP contribution < -0.4 is 5.32 Å². The number of rotatable bonds is 4. The fourth-order valence-electron chi connectivity index (χ4n) is 3.23. The molecule has 0 saturated heterocycles. The third kappa shape index (κ3) is 3.01. The van der Waals surface area contributed by atoms with Crippen LogP contribution in [0.3, 0.4) is 0 Å². The number of hydrogen-bond donors (Lipinski definition) is 2. The third-order valence-electron chi connectivity index (χ3n) is 4.41. The van der Waals surface area contributed by atoms with Crippen LogP contribution in [0.1, 0.15) is 27.3 Å². The number of nitrogens with zero attached hydrogens (tertiary/aromatic N) is 2. The van der Waals surface area contributed by atoms with Crippen molar-refractivity contribution in [2.24, 2.45) is 0 Å². The van der Waals surface area contributed by atoms with Crippen molar-refractivity contribution in [3.8, 4) is 0 Å². The number of H-pyrrole nitrogens is 1. The molecule has 0 spiro atoms. The second-order valence-electron chi connectivity index (χ2n) is 6.43. The monoisotopic (exact) mass is 332 g/mol. The van der Waals surface area contributed by atoms with E-state index in [1.807, 2.05) is 41.1 Å². The van der Waals surface area contributed by atoms with E-state index in [2.05, 4.69) is 41.3 Å². The van der Waals surface area contributed by atoms with E-state index in [0.29, 0.717) is 18.7 Å². The zero-order valence-electron chi connectivity index (χ0n) is 14.3. The van der Waals surface area contributed by atoms with Gasteiger partial charge in [-0.15, -0.1) is 0 Å². The fraction of sp³-hybridized carbons (Fsp3) is 0.200. The first kappa shape index (κ1) is 15.4. The predicted octanol–water partition coefficient (Wildman–Crippen LogP) is 3.40. The number of aromatic amines is 1. The van der Waals surface area contributed by atoms with Crippen LogP contribution in [0.2, 0.25) is 0 Å². The molecule has 0 radical (unpaired) electrons. The second-order valence-corrected chi connectivity index (χ2v) is 6.43. The van der Waals surface area contributed by atoms with Crippen LogP contribution in [-0.2, 0) is 6.42 Å². The molecule has 0 aliphatic heterocycles. The molecule has 3 aromatic heterocycles. The molecule has 1 aromatic carbocycles. The van der Waals surface area contributed by atoms with Crippen LogP contribution >= 0.6 is 0 Å². The van der Waals surface area contributed by atoms with Crippen LogP contribution in [0.25, 0.3) is 16.6 Å². The molecule has 0 fully saturated rings. The molecule has 1 amide bonds. The van der Waals surface area contributed by atoms with Gasteiger partial charge in [0, 0.05) is 36.3 Å². The average Bonchev–Trinajstić information content (AvgIpc) is 3.18.